The van der Waals surface area contributed by atoms with Gasteiger partial charge in [0.1, 0.15) is 0 Å². The molecule has 0 radical (unpaired) electrons. The van der Waals surface area contributed by atoms with Crippen LogP contribution in [0.5, 0.6) is 0 Å². The summed E-state index contributed by atoms with van der Waals surface area (Å²) >= 11 is 0. The average molecular weight is 779 g/mol. The molecule has 1 unspecified atom stereocenters. The largest absolute Gasteiger partial charge is 0.310 e. The third kappa shape index (κ3) is 4.79. The highest BCUT2D eigenvalue weighted by atomic mass is 15.1. The molecule has 61 heavy (non-hydrogen) atoms. The van der Waals surface area contributed by atoms with Crippen molar-refractivity contribution in [3.8, 4) is 39.1 Å². The fraction of sp³-hybridized carbons (Fsp3) is 0.0169. The van der Waals surface area contributed by atoms with Crippen LogP contribution in [0.3, 0.4) is 0 Å². The molecule has 0 bridgehead atoms. The summed E-state index contributed by atoms with van der Waals surface area (Å²) in [7, 11) is 0. The van der Waals surface area contributed by atoms with E-state index in [9.17, 15) is 2.74 Å². The van der Waals surface area contributed by atoms with Crippen molar-refractivity contribution < 1.29 is 5.48 Å². The van der Waals surface area contributed by atoms with Gasteiger partial charge in [0.2, 0.25) is 0 Å². The Bertz CT molecular complexity index is 3760. The van der Waals surface area contributed by atoms with Crippen LogP contribution in [0.15, 0.2) is 230 Å². The minimum absolute atomic E-state index is 0.0162. The minimum atomic E-state index is -1.06. The first-order valence-electron chi connectivity index (χ1n) is 22.9. The molecule has 284 valence electrons. The van der Waals surface area contributed by atoms with Gasteiger partial charge in [-0.15, -0.1) is 0 Å². The summed E-state index contributed by atoms with van der Waals surface area (Å²) < 4.78 is 39.8. The summed E-state index contributed by atoms with van der Waals surface area (Å²) in [5.41, 5.74) is 14.4. The Morgan fingerprint density at radius 1 is 0.393 bits per heavy atom. The monoisotopic (exact) mass is 778 g/mol. The van der Waals surface area contributed by atoms with E-state index in [1.54, 1.807) is 0 Å². The molecule has 2 heteroatoms. The molecule has 1 aromatic heterocycles. The van der Waals surface area contributed by atoms with E-state index < -0.39 is 5.41 Å². The maximum Gasteiger partial charge on any atom is 0.0726 e. The number of nitrogens with zero attached hydrogens (tertiary/aromatic N) is 2. The maximum atomic E-state index is 9.78. The normalized spacial score (nSPS) is 15.5. The molecule has 1 atom stereocenters. The standard InChI is InChI=1S/C59H38N2/c1-3-15-39(16-4-1)40-29-31-43(32-30-40)60(45-34-36-50-49-23-9-12-28-56(49)61(57(50)38-45)42-19-5-2-6-20-42)44-33-35-48-46-21-7-10-25-52(46)59(55(48)37-44)53-26-11-8-22-47(53)51-24-13-17-41-18-14-27-54(59)58(41)51/h1-38H/i7D,10D,21D,25D. The van der Waals surface area contributed by atoms with Crippen LogP contribution in [-0.2, 0) is 5.41 Å². The Morgan fingerprint density at radius 2 is 1.02 bits per heavy atom. The third-order valence-electron chi connectivity index (χ3n) is 13.1. The van der Waals surface area contributed by atoms with Crippen molar-refractivity contribution >= 4 is 49.6 Å². The smallest absolute Gasteiger partial charge is 0.0726 e. The summed E-state index contributed by atoms with van der Waals surface area (Å²) in [5, 5.41) is 4.52. The first-order chi connectivity index (χ1) is 31.9. The van der Waals surface area contributed by atoms with Crippen LogP contribution in [0.2, 0.25) is 0 Å². The summed E-state index contributed by atoms with van der Waals surface area (Å²) in [6.45, 7) is 0. The lowest BCUT2D eigenvalue weighted by atomic mass is 9.61. The SMILES string of the molecule is [2H]c1c([2H])c([2H])c2c(c1[2H])-c1ccc(N(c3ccc(-c4ccccc4)cc3)c3ccc4c5ccccc5n(-c5ccccc5)c4c3)cc1C21c2ccccc2-c2cccc3cccc1c23. The Hall–Kier alpha value is -7.94. The highest BCUT2D eigenvalue weighted by Crippen LogP contribution is 2.62. The Morgan fingerprint density at radius 3 is 1.89 bits per heavy atom. The second-order valence-corrected chi connectivity index (χ2v) is 16.1. The number of para-hydroxylation sites is 2. The summed E-state index contributed by atoms with van der Waals surface area (Å²) in [5.74, 6) is 0. The van der Waals surface area contributed by atoms with E-state index in [4.69, 9.17) is 2.74 Å². The van der Waals surface area contributed by atoms with E-state index in [0.717, 1.165) is 94.4 Å². The van der Waals surface area contributed by atoms with Gasteiger partial charge in [0.25, 0.3) is 0 Å². The lowest BCUT2D eigenvalue weighted by Crippen LogP contribution is -2.32. The molecule has 0 saturated heterocycles. The summed E-state index contributed by atoms with van der Waals surface area (Å²) in [6, 6.07) is 72.3. The molecule has 1 spiro atoms. The maximum absolute atomic E-state index is 9.78. The molecule has 2 nitrogen and oxygen atoms in total. The van der Waals surface area contributed by atoms with Gasteiger partial charge >= 0.3 is 0 Å². The van der Waals surface area contributed by atoms with Crippen LogP contribution in [-0.4, -0.2) is 4.57 Å². The Labute approximate surface area is 360 Å². The minimum Gasteiger partial charge on any atom is -0.310 e. The van der Waals surface area contributed by atoms with E-state index in [0.29, 0.717) is 11.1 Å². The van der Waals surface area contributed by atoms with Crippen LogP contribution in [0.4, 0.5) is 17.1 Å². The molecule has 10 aromatic carbocycles. The van der Waals surface area contributed by atoms with E-state index in [1.165, 1.54) is 5.39 Å². The van der Waals surface area contributed by atoms with Gasteiger partial charge in [-0.05, 0) is 121 Å². The van der Waals surface area contributed by atoms with Gasteiger partial charge < -0.3 is 9.47 Å². The van der Waals surface area contributed by atoms with Crippen molar-refractivity contribution in [2.75, 3.05) is 4.90 Å². The molecule has 2 aliphatic carbocycles. The van der Waals surface area contributed by atoms with Crippen molar-refractivity contribution in [1.29, 1.82) is 0 Å². The highest BCUT2D eigenvalue weighted by molar-refractivity contribution is 6.11. The van der Waals surface area contributed by atoms with Crippen LogP contribution in [0.25, 0.3) is 71.6 Å². The molecular formula is C59H38N2. The zero-order chi connectivity index (χ0) is 43.6. The molecular weight excluding hydrogens is 737 g/mol. The lowest BCUT2D eigenvalue weighted by Gasteiger charge is -2.40. The van der Waals surface area contributed by atoms with Gasteiger partial charge in [-0.25, -0.2) is 0 Å². The second-order valence-electron chi connectivity index (χ2n) is 16.1. The number of anilines is 3. The molecule has 0 aliphatic heterocycles. The van der Waals surface area contributed by atoms with E-state index in [2.05, 4.69) is 210 Å². The quantitative estimate of drug-likeness (QED) is 0.169. The molecule has 0 N–H and O–H groups in total. The molecule has 1 heterocycles. The van der Waals surface area contributed by atoms with Gasteiger partial charge in [0.15, 0.2) is 0 Å². The molecule has 0 saturated carbocycles. The Balaban J connectivity index is 1.12. The number of fused-ring (bicyclic) bond motifs is 12. The van der Waals surface area contributed by atoms with Crippen molar-refractivity contribution in [1.82, 2.24) is 4.57 Å². The zero-order valence-corrected chi connectivity index (χ0v) is 33.0. The molecule has 0 amide bonds. The average Bonchev–Trinajstić information content (AvgIpc) is 3.85. The molecule has 13 rings (SSSR count). The van der Waals surface area contributed by atoms with Crippen molar-refractivity contribution in [3.63, 3.8) is 0 Å². The van der Waals surface area contributed by atoms with Gasteiger partial charge in [0, 0.05) is 33.5 Å². The van der Waals surface area contributed by atoms with Gasteiger partial charge in [-0.3, -0.25) is 0 Å². The van der Waals surface area contributed by atoms with Crippen molar-refractivity contribution in [3.05, 3.63) is 253 Å². The zero-order valence-electron chi connectivity index (χ0n) is 37.0. The summed E-state index contributed by atoms with van der Waals surface area (Å²) in [4.78, 5) is 2.32. The fourth-order valence-electron chi connectivity index (χ4n) is 10.6. The highest BCUT2D eigenvalue weighted by Gasteiger charge is 2.50. The molecule has 11 aromatic rings. The van der Waals surface area contributed by atoms with E-state index in [1.807, 2.05) is 6.07 Å². The molecule has 2 aliphatic rings. The first-order valence-corrected chi connectivity index (χ1v) is 20.9. The third-order valence-corrected chi connectivity index (χ3v) is 13.1. The van der Waals surface area contributed by atoms with E-state index >= 15 is 0 Å². The predicted octanol–water partition coefficient (Wildman–Crippen LogP) is 15.4. The first kappa shape index (κ1) is 30.2. The topological polar surface area (TPSA) is 8.17 Å². The van der Waals surface area contributed by atoms with Gasteiger partial charge in [-0.2, -0.15) is 0 Å². The van der Waals surface area contributed by atoms with Gasteiger partial charge in [-0.1, -0.05) is 176 Å². The lowest BCUT2D eigenvalue weighted by molar-refractivity contribution is 0.773. The Kier molecular flexibility index (Phi) is 6.44. The van der Waals surface area contributed by atoms with Crippen LogP contribution in [0.1, 0.15) is 27.7 Å². The number of hydrogen-bond acceptors (Lipinski definition) is 1. The van der Waals surface area contributed by atoms with Crippen molar-refractivity contribution in [2.45, 2.75) is 5.41 Å². The number of benzene rings is 10. The van der Waals surface area contributed by atoms with Crippen LogP contribution in [0, 0.1) is 0 Å². The second kappa shape index (κ2) is 13.0. The van der Waals surface area contributed by atoms with E-state index in [-0.39, 0.29) is 24.2 Å². The number of aromatic nitrogens is 1. The molecule has 0 fully saturated rings. The fourth-order valence-corrected chi connectivity index (χ4v) is 10.6. The predicted molar refractivity (Wildman–Crippen MR) is 255 cm³/mol. The van der Waals surface area contributed by atoms with Crippen molar-refractivity contribution in [2.24, 2.45) is 0 Å². The summed E-state index contributed by atoms with van der Waals surface area (Å²) in [6.07, 6.45) is 0. The number of rotatable bonds is 5. The van der Waals surface area contributed by atoms with Gasteiger partial charge in [0.05, 0.1) is 21.9 Å². The number of hydrogen-bond donors (Lipinski definition) is 0. The van der Waals surface area contributed by atoms with Crippen LogP contribution < -0.4 is 4.90 Å². The van der Waals surface area contributed by atoms with Crippen LogP contribution >= 0.6 is 0 Å².